The normalized spacial score (nSPS) is 15.4. The van der Waals surface area contributed by atoms with Gasteiger partial charge >= 0.3 is 24.3 Å². The van der Waals surface area contributed by atoms with Crippen molar-refractivity contribution in [3.05, 3.63) is 90.8 Å². The Labute approximate surface area is 245 Å². The summed E-state index contributed by atoms with van der Waals surface area (Å²) in [6, 6.07) is 17.8. The summed E-state index contributed by atoms with van der Waals surface area (Å²) in [5.41, 5.74) is 4.97. The quantitative estimate of drug-likeness (QED) is 0.311. The van der Waals surface area contributed by atoms with E-state index in [0.29, 0.717) is 6.54 Å². The Morgan fingerprint density at radius 1 is 0.841 bits per heavy atom. The van der Waals surface area contributed by atoms with E-state index in [1.165, 1.54) is 0 Å². The standard InChI is InChI=1S/C24H23N5O.2C2HF3O2/c1-27-12-13-28(24(30)18-6-3-2-4-7-18)16-22(27)23-21-10-9-20(15-29(21)17-26-23)19-8-5-11-25-14-19;2*3-2(4,5)1(6)7/h2-11,14-15,17,22H,12-13,16H2,1H3;2*(H,6,7). The number of fused-ring (bicyclic) bond motifs is 1. The zero-order valence-corrected chi connectivity index (χ0v) is 22.8. The van der Waals surface area contributed by atoms with E-state index in [1.807, 2.05) is 59.9 Å². The van der Waals surface area contributed by atoms with Gasteiger partial charge in [0.15, 0.2) is 0 Å². The molecular formula is C28H25F6N5O5. The zero-order valence-electron chi connectivity index (χ0n) is 22.8. The average Bonchev–Trinajstić information content (AvgIpc) is 3.41. The van der Waals surface area contributed by atoms with E-state index in [9.17, 15) is 31.1 Å². The van der Waals surface area contributed by atoms with Crippen LogP contribution in [0.15, 0.2) is 79.5 Å². The number of carbonyl (C=O) groups excluding carboxylic acids is 1. The third-order valence-corrected chi connectivity index (χ3v) is 6.31. The number of alkyl halides is 6. The summed E-state index contributed by atoms with van der Waals surface area (Å²) >= 11 is 0. The van der Waals surface area contributed by atoms with Crippen LogP contribution in [0, 0.1) is 0 Å². The SMILES string of the molecule is CN1CCN(C(=O)c2ccccc2)CC1c1ncn2cc(-c3cccnc3)ccc12.O=C(O)C(F)(F)F.O=C(O)C(F)(F)F. The van der Waals surface area contributed by atoms with E-state index in [2.05, 4.69) is 39.7 Å². The lowest BCUT2D eigenvalue weighted by molar-refractivity contribution is -0.193. The van der Waals surface area contributed by atoms with Gasteiger partial charge in [0.2, 0.25) is 0 Å². The molecule has 3 aromatic heterocycles. The molecule has 1 aliphatic heterocycles. The number of aliphatic carboxylic acids is 2. The van der Waals surface area contributed by atoms with Crippen LogP contribution in [0.1, 0.15) is 22.1 Å². The van der Waals surface area contributed by atoms with Gasteiger partial charge in [0, 0.05) is 49.4 Å². The number of carbonyl (C=O) groups is 3. The number of halogens is 6. The molecule has 0 aliphatic carbocycles. The van der Waals surface area contributed by atoms with E-state index in [1.54, 1.807) is 6.20 Å². The minimum atomic E-state index is -5.08. The van der Waals surface area contributed by atoms with Crippen LogP contribution in [0.4, 0.5) is 26.3 Å². The molecule has 5 rings (SSSR count). The lowest BCUT2D eigenvalue weighted by atomic mass is 10.1. The molecule has 4 heterocycles. The first-order chi connectivity index (χ1) is 20.6. The maximum atomic E-state index is 13.0. The van der Waals surface area contributed by atoms with Crippen molar-refractivity contribution in [1.82, 2.24) is 24.2 Å². The number of benzene rings is 1. The van der Waals surface area contributed by atoms with Crippen LogP contribution >= 0.6 is 0 Å². The number of carboxylic acids is 2. The highest BCUT2D eigenvalue weighted by Crippen LogP contribution is 2.29. The summed E-state index contributed by atoms with van der Waals surface area (Å²) in [5.74, 6) is -5.43. The van der Waals surface area contributed by atoms with Crippen molar-refractivity contribution in [2.75, 3.05) is 26.7 Å². The van der Waals surface area contributed by atoms with E-state index < -0.39 is 24.3 Å². The molecule has 1 atom stereocenters. The van der Waals surface area contributed by atoms with Gasteiger partial charge in [0.25, 0.3) is 5.91 Å². The molecule has 1 saturated heterocycles. The lowest BCUT2D eigenvalue weighted by Gasteiger charge is -2.39. The molecule has 0 saturated carbocycles. The summed E-state index contributed by atoms with van der Waals surface area (Å²) in [4.78, 5) is 43.9. The Hall–Kier alpha value is -4.99. The number of amides is 1. The van der Waals surface area contributed by atoms with Crippen molar-refractivity contribution < 1.29 is 50.9 Å². The summed E-state index contributed by atoms with van der Waals surface area (Å²) < 4.78 is 65.5. The van der Waals surface area contributed by atoms with Crippen molar-refractivity contribution in [2.24, 2.45) is 0 Å². The van der Waals surface area contributed by atoms with Gasteiger partial charge in [-0.15, -0.1) is 0 Å². The van der Waals surface area contributed by atoms with Crippen LogP contribution in [0.2, 0.25) is 0 Å². The topological polar surface area (TPSA) is 128 Å². The molecule has 0 bridgehead atoms. The third-order valence-electron chi connectivity index (χ3n) is 6.31. The molecule has 44 heavy (non-hydrogen) atoms. The van der Waals surface area contributed by atoms with Crippen LogP contribution in [0.25, 0.3) is 16.6 Å². The number of hydrogen-bond acceptors (Lipinski definition) is 6. The van der Waals surface area contributed by atoms with Gasteiger partial charge in [0.05, 0.1) is 23.6 Å². The summed E-state index contributed by atoms with van der Waals surface area (Å²) in [6.45, 7) is 2.16. The number of piperazine rings is 1. The fraction of sp³-hybridized carbons (Fsp3) is 0.250. The molecule has 234 valence electrons. The first-order valence-corrected chi connectivity index (χ1v) is 12.6. The number of imidazole rings is 1. The predicted octanol–water partition coefficient (Wildman–Crippen LogP) is 4.79. The second-order valence-electron chi connectivity index (χ2n) is 9.30. The van der Waals surface area contributed by atoms with E-state index in [4.69, 9.17) is 24.8 Å². The van der Waals surface area contributed by atoms with Gasteiger partial charge in [-0.1, -0.05) is 30.3 Å². The highest BCUT2D eigenvalue weighted by Gasteiger charge is 2.39. The van der Waals surface area contributed by atoms with Gasteiger partial charge in [-0.3, -0.25) is 14.7 Å². The minimum Gasteiger partial charge on any atom is -0.475 e. The van der Waals surface area contributed by atoms with Gasteiger partial charge in [-0.05, 0) is 36.9 Å². The first kappa shape index (κ1) is 33.5. The highest BCUT2D eigenvalue weighted by atomic mass is 19.4. The number of aromatic nitrogens is 3. The van der Waals surface area contributed by atoms with Crippen LogP contribution in [0.5, 0.6) is 0 Å². The molecular weight excluding hydrogens is 600 g/mol. The predicted molar refractivity (Wildman–Crippen MR) is 144 cm³/mol. The lowest BCUT2D eigenvalue weighted by Crippen LogP contribution is -2.49. The van der Waals surface area contributed by atoms with Crippen molar-refractivity contribution in [2.45, 2.75) is 18.4 Å². The molecule has 16 heteroatoms. The number of rotatable bonds is 3. The molecule has 1 aromatic carbocycles. The Bertz CT molecular complexity index is 1550. The number of pyridine rings is 2. The van der Waals surface area contributed by atoms with Crippen LogP contribution in [-0.2, 0) is 9.59 Å². The maximum absolute atomic E-state index is 13.0. The molecule has 2 N–H and O–H groups in total. The fourth-order valence-corrected chi connectivity index (χ4v) is 4.10. The Morgan fingerprint density at radius 2 is 1.45 bits per heavy atom. The molecule has 1 aliphatic rings. The monoisotopic (exact) mass is 625 g/mol. The minimum absolute atomic E-state index is 0.0562. The van der Waals surface area contributed by atoms with Crippen molar-refractivity contribution >= 4 is 23.4 Å². The maximum Gasteiger partial charge on any atom is 0.490 e. The molecule has 0 radical (unpaired) electrons. The molecule has 10 nitrogen and oxygen atoms in total. The van der Waals surface area contributed by atoms with Crippen LogP contribution in [-0.4, -0.2) is 91.3 Å². The molecule has 0 spiro atoms. The number of nitrogens with zero attached hydrogens (tertiary/aromatic N) is 5. The second kappa shape index (κ2) is 14.0. The third kappa shape index (κ3) is 8.76. The summed E-state index contributed by atoms with van der Waals surface area (Å²) in [6.07, 6.45) is -2.59. The van der Waals surface area contributed by atoms with Gasteiger partial charge < -0.3 is 19.5 Å². The average molecular weight is 626 g/mol. The van der Waals surface area contributed by atoms with Gasteiger partial charge in [0.1, 0.15) is 0 Å². The highest BCUT2D eigenvalue weighted by molar-refractivity contribution is 5.94. The van der Waals surface area contributed by atoms with E-state index in [-0.39, 0.29) is 11.9 Å². The first-order valence-electron chi connectivity index (χ1n) is 12.6. The van der Waals surface area contributed by atoms with Crippen LogP contribution in [0.3, 0.4) is 0 Å². The zero-order chi connectivity index (χ0) is 32.7. The number of hydrogen-bond donors (Lipinski definition) is 2. The molecule has 1 amide bonds. The number of likely N-dealkylation sites (N-methyl/N-ethyl adjacent to an activating group) is 1. The largest absolute Gasteiger partial charge is 0.490 e. The van der Waals surface area contributed by atoms with Crippen molar-refractivity contribution in [3.63, 3.8) is 0 Å². The molecule has 1 fully saturated rings. The smallest absolute Gasteiger partial charge is 0.475 e. The van der Waals surface area contributed by atoms with Crippen LogP contribution < -0.4 is 0 Å². The second-order valence-corrected chi connectivity index (χ2v) is 9.30. The Kier molecular flexibility index (Phi) is 10.7. The van der Waals surface area contributed by atoms with E-state index in [0.717, 1.165) is 41.0 Å². The summed E-state index contributed by atoms with van der Waals surface area (Å²) in [5, 5.41) is 14.2. The van der Waals surface area contributed by atoms with E-state index >= 15 is 0 Å². The van der Waals surface area contributed by atoms with Gasteiger partial charge in [-0.25, -0.2) is 14.6 Å². The molecule has 4 aromatic rings. The molecule has 1 unspecified atom stereocenters. The van der Waals surface area contributed by atoms with Crippen molar-refractivity contribution in [1.29, 1.82) is 0 Å². The van der Waals surface area contributed by atoms with Crippen molar-refractivity contribution in [3.8, 4) is 11.1 Å². The summed E-state index contributed by atoms with van der Waals surface area (Å²) in [7, 11) is 2.10. The Morgan fingerprint density at radius 3 is 2.00 bits per heavy atom. The van der Waals surface area contributed by atoms with Gasteiger partial charge in [-0.2, -0.15) is 26.3 Å². The fourth-order valence-electron chi connectivity index (χ4n) is 4.10. The Balaban J connectivity index is 0.000000317. The number of carboxylic acid groups (broad SMARTS) is 2.